The van der Waals surface area contributed by atoms with Gasteiger partial charge in [-0.1, -0.05) is 6.92 Å². The van der Waals surface area contributed by atoms with Crippen molar-refractivity contribution in [3.63, 3.8) is 0 Å². The van der Waals surface area contributed by atoms with E-state index in [1.807, 2.05) is 14.0 Å². The number of nitrogens with one attached hydrogen (secondary N) is 1. The molecule has 1 rings (SSSR count). The zero-order valence-electron chi connectivity index (χ0n) is 8.99. The van der Waals surface area contributed by atoms with E-state index >= 15 is 0 Å². The number of hydrogen-bond acceptors (Lipinski definition) is 3. The summed E-state index contributed by atoms with van der Waals surface area (Å²) in [5, 5.41) is 12.2. The lowest BCUT2D eigenvalue weighted by Gasteiger charge is -2.17. The van der Waals surface area contributed by atoms with Crippen LogP contribution in [0.3, 0.4) is 0 Å². The Morgan fingerprint density at radius 1 is 1.64 bits per heavy atom. The molecule has 0 saturated heterocycles. The Morgan fingerprint density at radius 3 is 2.79 bits per heavy atom. The molecule has 1 atom stereocenters. The van der Waals surface area contributed by atoms with E-state index in [2.05, 4.69) is 5.32 Å². The van der Waals surface area contributed by atoms with Crippen molar-refractivity contribution in [2.45, 2.75) is 38.3 Å². The number of carbonyl (C=O) groups excluding carboxylic acids is 1. The van der Waals surface area contributed by atoms with Gasteiger partial charge in [0.15, 0.2) is 0 Å². The summed E-state index contributed by atoms with van der Waals surface area (Å²) in [5.74, 6) is 0.121. The molecule has 0 aromatic carbocycles. The van der Waals surface area contributed by atoms with Crippen molar-refractivity contribution in [3.8, 4) is 0 Å². The molecule has 82 valence electrons. The first-order chi connectivity index (χ1) is 6.65. The predicted molar refractivity (Wildman–Crippen MR) is 55.0 cm³/mol. The van der Waals surface area contributed by atoms with Gasteiger partial charge in [-0.05, 0) is 19.3 Å². The molecule has 4 nitrogen and oxygen atoms in total. The Morgan fingerprint density at radius 2 is 2.29 bits per heavy atom. The number of rotatable bonds is 6. The summed E-state index contributed by atoms with van der Waals surface area (Å²) in [5.41, 5.74) is 0. The maximum absolute atomic E-state index is 11.5. The van der Waals surface area contributed by atoms with E-state index in [1.54, 1.807) is 4.90 Å². The van der Waals surface area contributed by atoms with E-state index < -0.39 is 0 Å². The molecule has 0 spiro atoms. The van der Waals surface area contributed by atoms with Gasteiger partial charge < -0.3 is 15.3 Å². The van der Waals surface area contributed by atoms with Crippen LogP contribution in [0.4, 0.5) is 0 Å². The van der Waals surface area contributed by atoms with Crippen molar-refractivity contribution >= 4 is 5.91 Å². The van der Waals surface area contributed by atoms with Gasteiger partial charge in [-0.25, -0.2) is 0 Å². The highest BCUT2D eigenvalue weighted by Crippen LogP contribution is 2.24. The second kappa shape index (κ2) is 5.32. The molecule has 2 N–H and O–H groups in total. The van der Waals surface area contributed by atoms with Gasteiger partial charge in [0, 0.05) is 19.6 Å². The van der Waals surface area contributed by atoms with Crippen LogP contribution in [-0.2, 0) is 4.79 Å². The van der Waals surface area contributed by atoms with Crippen LogP contribution in [0.5, 0.6) is 0 Å². The van der Waals surface area contributed by atoms with Crippen molar-refractivity contribution < 1.29 is 9.90 Å². The van der Waals surface area contributed by atoms with Crippen molar-refractivity contribution in [1.82, 2.24) is 10.2 Å². The maximum atomic E-state index is 11.5. The Bertz CT molecular complexity index is 193. The molecule has 1 saturated carbocycles. The second-order valence-electron chi connectivity index (χ2n) is 3.93. The third kappa shape index (κ3) is 3.64. The zero-order valence-corrected chi connectivity index (χ0v) is 8.99. The molecule has 1 unspecified atom stereocenters. The minimum Gasteiger partial charge on any atom is -0.392 e. The fourth-order valence-electron chi connectivity index (χ4n) is 1.28. The predicted octanol–water partition coefficient (Wildman–Crippen LogP) is -0.0323. The van der Waals surface area contributed by atoms with Crippen LogP contribution in [-0.4, -0.2) is 48.2 Å². The van der Waals surface area contributed by atoms with E-state index in [1.165, 1.54) is 0 Å². The fourth-order valence-corrected chi connectivity index (χ4v) is 1.28. The monoisotopic (exact) mass is 200 g/mol. The van der Waals surface area contributed by atoms with Crippen molar-refractivity contribution in [3.05, 3.63) is 0 Å². The Balaban J connectivity index is 2.08. The summed E-state index contributed by atoms with van der Waals surface area (Å²) in [6.45, 7) is 2.76. The number of aliphatic hydroxyl groups is 1. The molecule has 0 aromatic heterocycles. The van der Waals surface area contributed by atoms with Gasteiger partial charge in [-0.15, -0.1) is 0 Å². The van der Waals surface area contributed by atoms with Crippen LogP contribution < -0.4 is 5.32 Å². The van der Waals surface area contributed by atoms with Gasteiger partial charge in [0.25, 0.3) is 0 Å². The number of nitrogens with zero attached hydrogens (tertiary/aromatic N) is 1. The smallest absolute Gasteiger partial charge is 0.236 e. The van der Waals surface area contributed by atoms with Gasteiger partial charge in [0.1, 0.15) is 0 Å². The Hall–Kier alpha value is -0.610. The third-order valence-electron chi connectivity index (χ3n) is 2.62. The molecule has 4 heteroatoms. The second-order valence-corrected chi connectivity index (χ2v) is 3.93. The average Bonchev–Trinajstić information content (AvgIpc) is 2.99. The molecule has 1 aliphatic rings. The minimum atomic E-state index is -0.339. The van der Waals surface area contributed by atoms with Crippen LogP contribution in [0.25, 0.3) is 0 Å². The number of likely N-dealkylation sites (N-methyl/N-ethyl adjacent to an activating group) is 1. The van der Waals surface area contributed by atoms with E-state index in [0.717, 1.165) is 19.3 Å². The van der Waals surface area contributed by atoms with Crippen molar-refractivity contribution in [1.29, 1.82) is 0 Å². The molecule has 0 aliphatic heterocycles. The first-order valence-corrected chi connectivity index (χ1v) is 5.29. The van der Waals surface area contributed by atoms with Crippen LogP contribution in [0.15, 0.2) is 0 Å². The zero-order chi connectivity index (χ0) is 10.6. The molecule has 1 fully saturated rings. The third-order valence-corrected chi connectivity index (χ3v) is 2.62. The highest BCUT2D eigenvalue weighted by Gasteiger charge is 2.28. The molecule has 0 bridgehead atoms. The molecule has 14 heavy (non-hydrogen) atoms. The molecule has 0 radical (unpaired) electrons. The molecular formula is C10H20N2O2. The molecule has 0 heterocycles. The number of hydrogen-bond donors (Lipinski definition) is 2. The largest absolute Gasteiger partial charge is 0.392 e. The van der Waals surface area contributed by atoms with Crippen molar-refractivity contribution in [2.24, 2.45) is 0 Å². The SMILES string of the molecule is CCC(O)CNCC(=O)N(C)C1CC1. The highest BCUT2D eigenvalue weighted by molar-refractivity contribution is 5.78. The van der Waals surface area contributed by atoms with Crippen LogP contribution in [0.2, 0.25) is 0 Å². The summed E-state index contributed by atoms with van der Waals surface area (Å²) in [6.07, 6.45) is 2.66. The van der Waals surface area contributed by atoms with Crippen LogP contribution in [0.1, 0.15) is 26.2 Å². The summed E-state index contributed by atoms with van der Waals surface area (Å²) >= 11 is 0. The van der Waals surface area contributed by atoms with Crippen LogP contribution in [0, 0.1) is 0 Å². The van der Waals surface area contributed by atoms with Gasteiger partial charge in [-0.3, -0.25) is 4.79 Å². The lowest BCUT2D eigenvalue weighted by Crippen LogP contribution is -2.39. The normalized spacial score (nSPS) is 17.9. The molecule has 0 aromatic rings. The van der Waals surface area contributed by atoms with Gasteiger partial charge in [0.05, 0.1) is 12.6 Å². The summed E-state index contributed by atoms with van der Waals surface area (Å²) in [4.78, 5) is 13.3. The highest BCUT2D eigenvalue weighted by atomic mass is 16.3. The number of carbonyl (C=O) groups is 1. The standard InChI is InChI=1S/C10H20N2O2/c1-3-9(13)6-11-7-10(14)12(2)8-4-5-8/h8-9,11,13H,3-7H2,1-2H3. The van der Waals surface area contributed by atoms with Gasteiger partial charge in [0.2, 0.25) is 5.91 Å². The van der Waals surface area contributed by atoms with Crippen molar-refractivity contribution in [2.75, 3.05) is 20.1 Å². The molecule has 1 aliphatic carbocycles. The first kappa shape index (κ1) is 11.5. The van der Waals surface area contributed by atoms with Gasteiger partial charge >= 0.3 is 0 Å². The lowest BCUT2D eigenvalue weighted by molar-refractivity contribution is -0.129. The summed E-state index contributed by atoms with van der Waals surface area (Å²) in [6, 6.07) is 0.473. The van der Waals surface area contributed by atoms with Gasteiger partial charge in [-0.2, -0.15) is 0 Å². The van der Waals surface area contributed by atoms with E-state index in [9.17, 15) is 9.90 Å². The van der Waals surface area contributed by atoms with E-state index in [-0.39, 0.29) is 12.0 Å². The Kier molecular flexibility index (Phi) is 4.35. The fraction of sp³-hybridized carbons (Fsp3) is 0.900. The minimum absolute atomic E-state index is 0.121. The summed E-state index contributed by atoms with van der Waals surface area (Å²) < 4.78 is 0. The quantitative estimate of drug-likeness (QED) is 0.633. The Labute approximate surface area is 85.3 Å². The first-order valence-electron chi connectivity index (χ1n) is 5.29. The molecular weight excluding hydrogens is 180 g/mol. The molecule has 1 amide bonds. The number of aliphatic hydroxyl groups excluding tert-OH is 1. The topological polar surface area (TPSA) is 52.6 Å². The maximum Gasteiger partial charge on any atom is 0.236 e. The average molecular weight is 200 g/mol. The van der Waals surface area contributed by atoms with E-state index in [0.29, 0.717) is 19.1 Å². The summed E-state index contributed by atoms with van der Waals surface area (Å²) in [7, 11) is 1.85. The van der Waals surface area contributed by atoms with Crippen LogP contribution >= 0.6 is 0 Å². The van der Waals surface area contributed by atoms with E-state index in [4.69, 9.17) is 0 Å². The number of amides is 1. The lowest BCUT2D eigenvalue weighted by atomic mass is 10.3.